The predicted octanol–water partition coefficient (Wildman–Crippen LogP) is 1.34. The molecule has 0 saturated carbocycles. The number of aromatic nitrogens is 6. The Balaban J connectivity index is 1.45. The van der Waals surface area contributed by atoms with Gasteiger partial charge in [0.2, 0.25) is 16.5 Å². The number of carbonyl (C=O) groups excluding carboxylic acids is 1. The molecule has 0 aromatic carbocycles. The van der Waals surface area contributed by atoms with Crippen molar-refractivity contribution in [3.63, 3.8) is 0 Å². The number of nitrogens with zero attached hydrogens (tertiary/aromatic N) is 7. The van der Waals surface area contributed by atoms with Gasteiger partial charge in [0, 0.05) is 56.6 Å². The van der Waals surface area contributed by atoms with Gasteiger partial charge in [-0.15, -0.1) is 0 Å². The van der Waals surface area contributed by atoms with Gasteiger partial charge in [-0.05, 0) is 6.92 Å². The lowest BCUT2D eigenvalue weighted by Crippen LogP contribution is -2.53. The molecule has 1 aliphatic heterocycles. The molecule has 15 heteroatoms. The number of fused-ring (bicyclic) bond motifs is 1. The summed E-state index contributed by atoms with van der Waals surface area (Å²) >= 11 is 0.963. The summed E-state index contributed by atoms with van der Waals surface area (Å²) in [6.45, 7) is 2.12. The third-order valence-electron chi connectivity index (χ3n) is 6.15. The largest absolute Gasteiger partial charge is 0.477 e. The van der Waals surface area contributed by atoms with Crippen molar-refractivity contribution < 1.29 is 23.8 Å². The summed E-state index contributed by atoms with van der Waals surface area (Å²) in [4.78, 5) is 47.3. The molecule has 0 aliphatic carbocycles. The number of nitrogens with one attached hydrogen (secondary N) is 1. The summed E-state index contributed by atoms with van der Waals surface area (Å²) in [5.74, 6) is -2.58. The average Bonchev–Trinajstić information content (AvgIpc) is 3.46. The van der Waals surface area contributed by atoms with Crippen molar-refractivity contribution in [3.8, 4) is 5.13 Å². The topological polar surface area (TPSA) is 157 Å². The molecule has 5 heterocycles. The van der Waals surface area contributed by atoms with Gasteiger partial charge in [-0.2, -0.15) is 9.47 Å². The zero-order valence-electron chi connectivity index (χ0n) is 19.9. The van der Waals surface area contributed by atoms with Crippen LogP contribution >= 0.6 is 11.5 Å². The highest BCUT2D eigenvalue weighted by molar-refractivity contribution is 7.08. The van der Waals surface area contributed by atoms with E-state index in [2.05, 4.69) is 24.8 Å². The number of hydrogen-bond acceptors (Lipinski definition) is 10. The first-order valence-corrected chi connectivity index (χ1v) is 11.8. The molecule has 37 heavy (non-hydrogen) atoms. The minimum absolute atomic E-state index is 0.0431. The number of pyridine rings is 2. The van der Waals surface area contributed by atoms with Gasteiger partial charge in [-0.3, -0.25) is 18.8 Å². The number of rotatable bonds is 7. The van der Waals surface area contributed by atoms with Crippen LogP contribution in [-0.4, -0.2) is 65.9 Å². The first-order valence-electron chi connectivity index (χ1n) is 11.0. The van der Waals surface area contributed by atoms with Crippen LogP contribution in [0, 0.1) is 18.7 Å². The van der Waals surface area contributed by atoms with Crippen molar-refractivity contribution in [2.24, 2.45) is 13.0 Å². The number of anilines is 2. The lowest BCUT2D eigenvalue weighted by molar-refractivity contribution is -0.120. The number of carboxylic acids is 1. The maximum absolute atomic E-state index is 15.4. The minimum Gasteiger partial charge on any atom is -0.477 e. The summed E-state index contributed by atoms with van der Waals surface area (Å²) < 4.78 is 27.4. The van der Waals surface area contributed by atoms with Crippen molar-refractivity contribution >= 4 is 46.1 Å². The first kappa shape index (κ1) is 24.5. The monoisotopic (exact) mass is 528 g/mol. The Morgan fingerprint density at radius 2 is 2.11 bits per heavy atom. The summed E-state index contributed by atoms with van der Waals surface area (Å²) in [5, 5.41) is 16.6. The van der Waals surface area contributed by atoms with Gasteiger partial charge in [0.25, 0.3) is 0 Å². The van der Waals surface area contributed by atoms with Crippen LogP contribution in [0.25, 0.3) is 16.2 Å². The van der Waals surface area contributed by atoms with E-state index in [0.29, 0.717) is 12.4 Å². The van der Waals surface area contributed by atoms with Gasteiger partial charge in [0.1, 0.15) is 11.9 Å². The molecule has 192 valence electrons. The zero-order valence-corrected chi connectivity index (χ0v) is 20.7. The quantitative estimate of drug-likeness (QED) is 0.359. The molecule has 1 fully saturated rings. The third-order valence-corrected chi connectivity index (χ3v) is 6.82. The summed E-state index contributed by atoms with van der Waals surface area (Å²) in [6.07, 6.45) is 2.39. The third kappa shape index (κ3) is 4.21. The van der Waals surface area contributed by atoms with Crippen LogP contribution in [0.5, 0.6) is 0 Å². The molecule has 1 amide bonds. The molecule has 4 aromatic heterocycles. The van der Waals surface area contributed by atoms with Crippen molar-refractivity contribution in [2.45, 2.75) is 13.5 Å². The molecular weight excluding hydrogens is 507 g/mol. The van der Waals surface area contributed by atoms with Gasteiger partial charge in [-0.1, -0.05) is 0 Å². The molecular formula is C22H21FN8O5S. The van der Waals surface area contributed by atoms with Gasteiger partial charge in [-0.25, -0.2) is 19.2 Å². The summed E-state index contributed by atoms with van der Waals surface area (Å²) in [5.41, 5.74) is -0.587. The van der Waals surface area contributed by atoms with Crippen LogP contribution in [-0.2, 0) is 23.2 Å². The normalized spacial score (nSPS) is 13.7. The van der Waals surface area contributed by atoms with Crippen LogP contribution in [0.1, 0.15) is 21.6 Å². The predicted molar refractivity (Wildman–Crippen MR) is 131 cm³/mol. The second-order valence-electron chi connectivity index (χ2n) is 8.51. The Morgan fingerprint density at radius 3 is 2.76 bits per heavy atom. The van der Waals surface area contributed by atoms with Crippen molar-refractivity contribution in [2.75, 3.05) is 30.4 Å². The molecule has 1 aliphatic rings. The summed E-state index contributed by atoms with van der Waals surface area (Å²) in [6, 6.07) is 1.71. The Morgan fingerprint density at radius 1 is 1.35 bits per heavy atom. The fourth-order valence-corrected chi connectivity index (χ4v) is 4.67. The zero-order chi connectivity index (χ0) is 26.4. The van der Waals surface area contributed by atoms with E-state index in [4.69, 9.17) is 4.74 Å². The van der Waals surface area contributed by atoms with Crippen molar-refractivity contribution in [3.05, 3.63) is 51.5 Å². The standard InChI is InChI=1S/C22H21FN8O5S/c1-10-15-17(32)13(21(34)35)7-31(22-24-9-25-37-22)18(15)27-19(16(10)23)30-5-11(6-30)20(33)26-14-4-12(8-36-3)29(2)28-14/h4,7,9,11H,5-6,8H2,1-3H3,(H,34,35)(H,26,28,33). The molecule has 0 atom stereocenters. The van der Waals surface area contributed by atoms with Gasteiger partial charge in [0.15, 0.2) is 23.1 Å². The van der Waals surface area contributed by atoms with E-state index in [1.165, 1.54) is 17.8 Å². The minimum atomic E-state index is -1.45. The number of methoxy groups -OCH3 is 1. The smallest absolute Gasteiger partial charge is 0.341 e. The molecule has 0 unspecified atom stereocenters. The lowest BCUT2D eigenvalue weighted by Gasteiger charge is -2.39. The second kappa shape index (κ2) is 9.33. The van der Waals surface area contributed by atoms with Crippen molar-refractivity contribution in [1.82, 2.24) is 28.7 Å². The van der Waals surface area contributed by atoms with Gasteiger partial charge in [0.05, 0.1) is 23.6 Å². The molecule has 0 radical (unpaired) electrons. The van der Waals surface area contributed by atoms with Crippen LogP contribution < -0.4 is 15.6 Å². The molecule has 1 saturated heterocycles. The number of carbonyl (C=O) groups is 2. The van der Waals surface area contributed by atoms with E-state index in [1.807, 2.05) is 0 Å². The van der Waals surface area contributed by atoms with Crippen LogP contribution in [0.3, 0.4) is 0 Å². The van der Waals surface area contributed by atoms with Gasteiger partial charge < -0.3 is 20.1 Å². The van der Waals surface area contributed by atoms with E-state index < -0.39 is 28.7 Å². The fourth-order valence-electron chi connectivity index (χ4n) is 4.16. The highest BCUT2D eigenvalue weighted by Gasteiger charge is 2.36. The van der Waals surface area contributed by atoms with Crippen molar-refractivity contribution in [1.29, 1.82) is 0 Å². The molecule has 5 rings (SSSR count). The molecule has 0 spiro atoms. The SMILES string of the molecule is COCc1cc(NC(=O)C2CN(c3nc4c(c(C)c3F)c(=O)c(C(=O)O)cn4-c3ncns3)C2)nn1C. The number of aryl methyl sites for hydroxylation is 2. The molecule has 2 N–H and O–H groups in total. The number of halogens is 1. The Labute approximate surface area is 212 Å². The highest BCUT2D eigenvalue weighted by Crippen LogP contribution is 2.31. The van der Waals surface area contributed by atoms with Gasteiger partial charge >= 0.3 is 5.97 Å². The number of aromatic carboxylic acids is 1. The molecule has 0 bridgehead atoms. The first-order chi connectivity index (χ1) is 17.7. The summed E-state index contributed by atoms with van der Waals surface area (Å²) in [7, 11) is 3.31. The Bertz CT molecular complexity index is 1590. The fraction of sp³-hybridized carbons (Fsp3) is 0.318. The van der Waals surface area contributed by atoms with E-state index in [0.717, 1.165) is 23.4 Å². The number of carboxylic acid groups (broad SMARTS) is 1. The lowest BCUT2D eigenvalue weighted by atomic mass is 9.98. The van der Waals surface area contributed by atoms with Crippen LogP contribution in [0.2, 0.25) is 0 Å². The Kier molecular flexibility index (Phi) is 6.16. The highest BCUT2D eigenvalue weighted by atomic mass is 32.1. The Hall–Kier alpha value is -4.24. The van der Waals surface area contributed by atoms with E-state index >= 15 is 4.39 Å². The maximum Gasteiger partial charge on any atom is 0.341 e. The number of amides is 1. The van der Waals surface area contributed by atoms with E-state index in [9.17, 15) is 19.5 Å². The molecule has 4 aromatic rings. The maximum atomic E-state index is 15.4. The average molecular weight is 529 g/mol. The van der Waals surface area contributed by atoms with Crippen LogP contribution in [0.4, 0.5) is 16.0 Å². The molecule has 13 nitrogen and oxygen atoms in total. The van der Waals surface area contributed by atoms with E-state index in [1.54, 1.807) is 29.8 Å². The van der Waals surface area contributed by atoms with E-state index in [-0.39, 0.29) is 46.5 Å². The number of ether oxygens (including phenoxy) is 1. The second-order valence-corrected chi connectivity index (χ2v) is 9.27. The van der Waals surface area contributed by atoms with Crippen LogP contribution in [0.15, 0.2) is 23.4 Å². The number of hydrogen-bond donors (Lipinski definition) is 2.